The van der Waals surface area contributed by atoms with Crippen LogP contribution in [0.25, 0.3) is 0 Å². The van der Waals surface area contributed by atoms with Gasteiger partial charge in [0.05, 0.1) is 25.6 Å². The Balaban J connectivity index is 1.54. The number of nitrogens with zero attached hydrogens (tertiary/aromatic N) is 1. The number of hydrogen-bond acceptors (Lipinski definition) is 6. The third-order valence-electron chi connectivity index (χ3n) is 4.17. The number of benzene rings is 2. The lowest BCUT2D eigenvalue weighted by Gasteiger charge is -2.11. The third-order valence-corrected chi connectivity index (χ3v) is 5.23. The minimum atomic E-state index is -0.268. The van der Waals surface area contributed by atoms with Crippen LogP contribution >= 0.6 is 22.9 Å². The number of anilines is 2. The van der Waals surface area contributed by atoms with Crippen LogP contribution < -0.4 is 20.1 Å². The molecule has 3 aromatic rings. The maximum absolute atomic E-state index is 12.3. The van der Waals surface area contributed by atoms with Gasteiger partial charge in [-0.05, 0) is 42.8 Å². The summed E-state index contributed by atoms with van der Waals surface area (Å²) in [7, 11) is 3.09. The van der Waals surface area contributed by atoms with E-state index < -0.39 is 0 Å². The number of nitrogens with one attached hydrogen (secondary N) is 2. The molecule has 0 atom stereocenters. The summed E-state index contributed by atoms with van der Waals surface area (Å²) >= 11 is 7.14. The maximum atomic E-state index is 12.3. The second kappa shape index (κ2) is 10.1. The molecule has 0 fully saturated rings. The average molecular weight is 446 g/mol. The van der Waals surface area contributed by atoms with Gasteiger partial charge >= 0.3 is 0 Å². The van der Waals surface area contributed by atoms with Crippen LogP contribution in [0.5, 0.6) is 11.5 Å². The van der Waals surface area contributed by atoms with E-state index in [0.29, 0.717) is 39.3 Å². The predicted molar refractivity (Wildman–Crippen MR) is 118 cm³/mol. The van der Waals surface area contributed by atoms with E-state index in [1.807, 2.05) is 5.38 Å². The highest BCUT2D eigenvalue weighted by Crippen LogP contribution is 2.29. The van der Waals surface area contributed by atoms with Gasteiger partial charge in [-0.3, -0.25) is 14.9 Å². The molecule has 0 aliphatic rings. The quantitative estimate of drug-likeness (QED) is 0.527. The molecule has 1 heterocycles. The number of hydrogen-bond donors (Lipinski definition) is 2. The minimum absolute atomic E-state index is 0.179. The standard InChI is InChI=1S/C21H20ClN3O4S/c1-28-16-8-9-18(29-2)17(11-16)24-19(26)10-7-15-12-30-21(23-15)25-20(27)13-3-5-14(22)6-4-13/h3-6,8-9,11-12H,7,10H2,1-2H3,(H,24,26)(H,23,25,27). The molecule has 0 saturated carbocycles. The second-order valence-corrected chi connectivity index (χ2v) is 7.51. The summed E-state index contributed by atoms with van der Waals surface area (Å²) in [6.07, 6.45) is 0.667. The first kappa shape index (κ1) is 21.6. The summed E-state index contributed by atoms with van der Waals surface area (Å²) in [6.45, 7) is 0. The van der Waals surface area contributed by atoms with Gasteiger partial charge < -0.3 is 14.8 Å². The fourth-order valence-electron chi connectivity index (χ4n) is 2.62. The molecule has 0 bridgehead atoms. The maximum Gasteiger partial charge on any atom is 0.257 e. The van der Waals surface area contributed by atoms with Gasteiger partial charge in [-0.15, -0.1) is 11.3 Å². The molecular weight excluding hydrogens is 426 g/mol. The molecule has 2 N–H and O–H groups in total. The zero-order chi connectivity index (χ0) is 21.5. The van der Waals surface area contributed by atoms with Gasteiger partial charge in [0.15, 0.2) is 5.13 Å². The molecule has 2 aromatic carbocycles. The van der Waals surface area contributed by atoms with Crippen molar-refractivity contribution in [3.05, 3.63) is 64.1 Å². The zero-order valence-corrected chi connectivity index (χ0v) is 18.0. The number of aromatic nitrogens is 1. The lowest BCUT2D eigenvalue weighted by Crippen LogP contribution is -2.13. The van der Waals surface area contributed by atoms with E-state index >= 15 is 0 Å². The molecular formula is C21H20ClN3O4S. The Labute approximate surface area is 183 Å². The van der Waals surface area contributed by atoms with Crippen molar-refractivity contribution >= 4 is 45.6 Å². The van der Waals surface area contributed by atoms with Crippen LogP contribution in [0.2, 0.25) is 5.02 Å². The minimum Gasteiger partial charge on any atom is -0.497 e. The number of methoxy groups -OCH3 is 2. The number of amides is 2. The molecule has 156 valence electrons. The summed E-state index contributed by atoms with van der Waals surface area (Å²) < 4.78 is 10.4. The van der Waals surface area contributed by atoms with E-state index in [2.05, 4.69) is 15.6 Å². The van der Waals surface area contributed by atoms with Crippen LogP contribution in [0, 0.1) is 0 Å². The van der Waals surface area contributed by atoms with Gasteiger partial charge in [0.25, 0.3) is 5.91 Å². The fraction of sp³-hybridized carbons (Fsp3) is 0.190. The molecule has 0 unspecified atom stereocenters. The molecule has 0 aliphatic carbocycles. The Bertz CT molecular complexity index is 1040. The SMILES string of the molecule is COc1ccc(OC)c(NC(=O)CCc2csc(NC(=O)c3ccc(Cl)cc3)n2)c1. The topological polar surface area (TPSA) is 89.5 Å². The number of carbonyl (C=O) groups is 2. The lowest BCUT2D eigenvalue weighted by molar-refractivity contribution is -0.116. The number of ether oxygens (including phenoxy) is 2. The molecule has 1 aromatic heterocycles. The van der Waals surface area contributed by atoms with E-state index in [4.69, 9.17) is 21.1 Å². The van der Waals surface area contributed by atoms with Crippen molar-refractivity contribution in [2.45, 2.75) is 12.8 Å². The summed E-state index contributed by atoms with van der Waals surface area (Å²) in [5.74, 6) is 0.716. The van der Waals surface area contributed by atoms with Crippen molar-refractivity contribution in [2.75, 3.05) is 24.9 Å². The number of halogens is 1. The normalized spacial score (nSPS) is 10.4. The smallest absolute Gasteiger partial charge is 0.257 e. The van der Waals surface area contributed by atoms with Crippen LogP contribution in [-0.4, -0.2) is 31.0 Å². The first-order valence-corrected chi connectivity index (χ1v) is 10.3. The van der Waals surface area contributed by atoms with Crippen molar-refractivity contribution in [1.82, 2.24) is 4.98 Å². The highest BCUT2D eigenvalue weighted by atomic mass is 35.5. The van der Waals surface area contributed by atoms with Gasteiger partial charge in [-0.1, -0.05) is 11.6 Å². The van der Waals surface area contributed by atoms with E-state index in [1.165, 1.54) is 18.4 Å². The number of thiazole rings is 1. The molecule has 30 heavy (non-hydrogen) atoms. The van der Waals surface area contributed by atoms with Crippen molar-refractivity contribution < 1.29 is 19.1 Å². The summed E-state index contributed by atoms with van der Waals surface area (Å²) in [4.78, 5) is 29.0. The average Bonchev–Trinajstić information content (AvgIpc) is 3.20. The number of aryl methyl sites for hydroxylation is 1. The van der Waals surface area contributed by atoms with Gasteiger partial charge in [-0.25, -0.2) is 4.98 Å². The fourth-order valence-corrected chi connectivity index (χ4v) is 3.48. The molecule has 9 heteroatoms. The van der Waals surface area contributed by atoms with E-state index in [0.717, 1.165) is 5.69 Å². The summed E-state index contributed by atoms with van der Waals surface area (Å²) in [6, 6.07) is 11.8. The predicted octanol–water partition coefficient (Wildman–Crippen LogP) is 4.64. The second-order valence-electron chi connectivity index (χ2n) is 6.22. The van der Waals surface area contributed by atoms with E-state index in [1.54, 1.807) is 49.6 Å². The Kier molecular flexibility index (Phi) is 7.26. The molecule has 0 saturated heterocycles. The van der Waals surface area contributed by atoms with Gasteiger partial charge in [0, 0.05) is 28.5 Å². The Morgan fingerprint density at radius 2 is 1.83 bits per heavy atom. The van der Waals surface area contributed by atoms with E-state index in [-0.39, 0.29) is 18.2 Å². The molecule has 7 nitrogen and oxygen atoms in total. The van der Waals surface area contributed by atoms with Crippen LogP contribution in [0.3, 0.4) is 0 Å². The summed E-state index contributed by atoms with van der Waals surface area (Å²) in [5, 5.41) is 8.42. The highest BCUT2D eigenvalue weighted by Gasteiger charge is 2.12. The van der Waals surface area contributed by atoms with Crippen LogP contribution in [-0.2, 0) is 11.2 Å². The largest absolute Gasteiger partial charge is 0.497 e. The number of rotatable bonds is 8. The Morgan fingerprint density at radius 3 is 2.53 bits per heavy atom. The highest BCUT2D eigenvalue weighted by molar-refractivity contribution is 7.14. The number of carbonyl (C=O) groups excluding carboxylic acids is 2. The molecule has 3 rings (SSSR count). The Hall–Kier alpha value is -3.10. The monoisotopic (exact) mass is 445 g/mol. The van der Waals surface area contributed by atoms with Crippen LogP contribution in [0.4, 0.5) is 10.8 Å². The third kappa shape index (κ3) is 5.71. The van der Waals surface area contributed by atoms with Gasteiger partial charge in [-0.2, -0.15) is 0 Å². The van der Waals surface area contributed by atoms with Crippen molar-refractivity contribution in [3.8, 4) is 11.5 Å². The molecule has 0 aliphatic heterocycles. The van der Waals surface area contributed by atoms with Crippen LogP contribution in [0.15, 0.2) is 47.8 Å². The van der Waals surface area contributed by atoms with Crippen LogP contribution in [0.1, 0.15) is 22.5 Å². The first-order chi connectivity index (χ1) is 14.5. The van der Waals surface area contributed by atoms with Crippen molar-refractivity contribution in [1.29, 1.82) is 0 Å². The van der Waals surface area contributed by atoms with Crippen molar-refractivity contribution in [3.63, 3.8) is 0 Å². The van der Waals surface area contributed by atoms with Gasteiger partial charge in [0.2, 0.25) is 5.91 Å². The Morgan fingerprint density at radius 1 is 1.07 bits per heavy atom. The molecule has 2 amide bonds. The van der Waals surface area contributed by atoms with Gasteiger partial charge in [0.1, 0.15) is 11.5 Å². The summed E-state index contributed by atoms with van der Waals surface area (Å²) in [5.41, 5.74) is 1.75. The van der Waals surface area contributed by atoms with E-state index in [9.17, 15) is 9.59 Å². The lowest BCUT2D eigenvalue weighted by atomic mass is 10.2. The molecule has 0 spiro atoms. The first-order valence-electron chi connectivity index (χ1n) is 9.01. The zero-order valence-electron chi connectivity index (χ0n) is 16.4. The molecule has 0 radical (unpaired) electrons. The van der Waals surface area contributed by atoms with Crippen molar-refractivity contribution in [2.24, 2.45) is 0 Å².